The molecule has 4 heteroatoms. The van der Waals surface area contributed by atoms with Crippen molar-refractivity contribution in [1.82, 2.24) is 0 Å². The summed E-state index contributed by atoms with van der Waals surface area (Å²) in [7, 11) is 0. The van der Waals surface area contributed by atoms with E-state index in [1.807, 2.05) is 0 Å². The smallest absolute Gasteiger partial charge is 0.228 e. The number of hydrogen-bond acceptors (Lipinski definition) is 1. The van der Waals surface area contributed by atoms with E-state index in [1.54, 1.807) is 25.1 Å². The molecule has 0 radical (unpaired) electrons. The normalized spacial score (nSPS) is 12.6. The molecule has 70 valence electrons. The van der Waals surface area contributed by atoms with E-state index < -0.39 is 5.24 Å². The lowest BCUT2D eigenvalue weighted by Crippen LogP contribution is -2.01. The lowest BCUT2D eigenvalue weighted by Gasteiger charge is -2.07. The van der Waals surface area contributed by atoms with Gasteiger partial charge in [0.15, 0.2) is 0 Å². The molecule has 0 aliphatic rings. The molecule has 0 N–H and O–H groups in total. The number of hydrogen-bond donors (Lipinski definition) is 0. The Balaban J connectivity index is 3.03. The van der Waals surface area contributed by atoms with Crippen LogP contribution in [-0.4, -0.2) is 5.24 Å². The highest BCUT2D eigenvalue weighted by atomic mass is 35.5. The fraction of sp³-hybridized carbons (Fsp3) is 0.222. The standard InChI is InChI=1S/C9H7Cl3O/c1-5(9(12)13)6-2-3-7(10)8(11)4-6/h2-5H,1H3. The molecule has 0 spiro atoms. The van der Waals surface area contributed by atoms with Crippen molar-refractivity contribution in [1.29, 1.82) is 0 Å². The molecule has 1 aromatic carbocycles. The molecule has 0 aliphatic heterocycles. The topological polar surface area (TPSA) is 17.1 Å². The maximum Gasteiger partial charge on any atom is 0.228 e. The van der Waals surface area contributed by atoms with Gasteiger partial charge in [-0.2, -0.15) is 0 Å². The molecule has 1 atom stereocenters. The quantitative estimate of drug-likeness (QED) is 0.714. The SMILES string of the molecule is CC(C(=O)Cl)c1ccc(Cl)c(Cl)c1. The van der Waals surface area contributed by atoms with E-state index in [0.29, 0.717) is 10.0 Å². The van der Waals surface area contributed by atoms with Crippen LogP contribution in [-0.2, 0) is 4.79 Å². The number of benzene rings is 1. The predicted molar refractivity (Wildman–Crippen MR) is 55.7 cm³/mol. The molecule has 0 fully saturated rings. The molecule has 1 rings (SSSR count). The summed E-state index contributed by atoms with van der Waals surface area (Å²) in [4.78, 5) is 10.8. The van der Waals surface area contributed by atoms with Gasteiger partial charge in [-0.05, 0) is 29.3 Å². The Bertz CT molecular complexity index is 336. The van der Waals surface area contributed by atoms with Crippen LogP contribution >= 0.6 is 34.8 Å². The summed E-state index contributed by atoms with van der Waals surface area (Å²) in [5, 5.41) is 0.502. The largest absolute Gasteiger partial charge is 0.281 e. The van der Waals surface area contributed by atoms with E-state index in [1.165, 1.54) is 0 Å². The second-order valence-electron chi connectivity index (χ2n) is 2.70. The van der Waals surface area contributed by atoms with Crippen molar-refractivity contribution in [3.8, 4) is 0 Å². The zero-order valence-corrected chi connectivity index (χ0v) is 9.12. The third-order valence-electron chi connectivity index (χ3n) is 1.78. The Labute approximate surface area is 91.6 Å². The molecule has 1 aromatic rings. The maximum atomic E-state index is 10.8. The minimum atomic E-state index is -0.404. The van der Waals surface area contributed by atoms with Gasteiger partial charge in [-0.25, -0.2) is 0 Å². The Hall–Kier alpha value is -0.240. The van der Waals surface area contributed by atoms with Gasteiger partial charge in [0.1, 0.15) is 0 Å². The van der Waals surface area contributed by atoms with Gasteiger partial charge in [0.25, 0.3) is 0 Å². The summed E-state index contributed by atoms with van der Waals surface area (Å²) in [5.41, 5.74) is 0.773. The van der Waals surface area contributed by atoms with Crippen LogP contribution in [0.1, 0.15) is 18.4 Å². The van der Waals surface area contributed by atoms with Crippen LogP contribution in [0.3, 0.4) is 0 Å². The molecule has 0 bridgehead atoms. The molecule has 0 aromatic heterocycles. The van der Waals surface area contributed by atoms with Crippen LogP contribution in [0, 0.1) is 0 Å². The van der Waals surface area contributed by atoms with Crippen molar-refractivity contribution in [2.24, 2.45) is 0 Å². The van der Waals surface area contributed by atoms with Crippen molar-refractivity contribution < 1.29 is 4.79 Å². The highest BCUT2D eigenvalue weighted by Gasteiger charge is 2.13. The van der Waals surface area contributed by atoms with Gasteiger partial charge in [0, 0.05) is 0 Å². The molecule has 0 saturated heterocycles. The summed E-state index contributed by atoms with van der Waals surface area (Å²) in [5.74, 6) is -0.351. The lowest BCUT2D eigenvalue weighted by molar-refractivity contribution is -0.112. The van der Waals surface area contributed by atoms with Gasteiger partial charge in [-0.1, -0.05) is 36.2 Å². The number of halogens is 3. The Kier molecular flexibility index (Phi) is 3.60. The Morgan fingerprint density at radius 3 is 2.38 bits per heavy atom. The fourth-order valence-corrected chi connectivity index (χ4v) is 1.35. The summed E-state index contributed by atoms with van der Waals surface area (Å²) in [6, 6.07) is 5.03. The molecular formula is C9H7Cl3O. The first-order valence-corrected chi connectivity index (χ1v) is 4.80. The maximum absolute atomic E-state index is 10.8. The number of carbonyl (C=O) groups is 1. The van der Waals surface area contributed by atoms with Crippen molar-refractivity contribution in [2.75, 3.05) is 0 Å². The number of carbonyl (C=O) groups excluding carboxylic acids is 1. The van der Waals surface area contributed by atoms with Crippen molar-refractivity contribution in [2.45, 2.75) is 12.8 Å². The van der Waals surface area contributed by atoms with Crippen LogP contribution in [0.5, 0.6) is 0 Å². The van der Waals surface area contributed by atoms with E-state index in [2.05, 4.69) is 0 Å². The van der Waals surface area contributed by atoms with E-state index in [-0.39, 0.29) is 5.92 Å². The van der Waals surface area contributed by atoms with Gasteiger partial charge in [-0.15, -0.1) is 0 Å². The van der Waals surface area contributed by atoms with Crippen molar-refractivity contribution >= 4 is 40.0 Å². The third kappa shape index (κ3) is 2.60. The van der Waals surface area contributed by atoms with Gasteiger partial charge in [0.05, 0.1) is 16.0 Å². The molecule has 1 unspecified atom stereocenters. The average molecular weight is 238 g/mol. The van der Waals surface area contributed by atoms with Crippen LogP contribution in [0.25, 0.3) is 0 Å². The highest BCUT2D eigenvalue weighted by molar-refractivity contribution is 6.64. The summed E-state index contributed by atoms with van der Waals surface area (Å²) in [6.45, 7) is 1.72. The van der Waals surface area contributed by atoms with E-state index in [4.69, 9.17) is 34.8 Å². The first-order chi connectivity index (χ1) is 6.02. The second kappa shape index (κ2) is 4.32. The molecule has 0 aliphatic carbocycles. The summed E-state index contributed by atoms with van der Waals surface area (Å²) in [6.07, 6.45) is 0. The van der Waals surface area contributed by atoms with Crippen LogP contribution in [0.4, 0.5) is 0 Å². The average Bonchev–Trinajstić information content (AvgIpc) is 2.08. The summed E-state index contributed by atoms with van der Waals surface area (Å²) < 4.78 is 0. The predicted octanol–water partition coefficient (Wildman–Crippen LogP) is 3.86. The molecule has 13 heavy (non-hydrogen) atoms. The zero-order valence-electron chi connectivity index (χ0n) is 6.85. The van der Waals surface area contributed by atoms with E-state index in [9.17, 15) is 4.79 Å². The van der Waals surface area contributed by atoms with Gasteiger partial charge in [-0.3, -0.25) is 4.79 Å². The highest BCUT2D eigenvalue weighted by Crippen LogP contribution is 2.27. The van der Waals surface area contributed by atoms with Crippen LogP contribution in [0.15, 0.2) is 18.2 Å². The second-order valence-corrected chi connectivity index (χ2v) is 3.89. The lowest BCUT2D eigenvalue weighted by atomic mass is 10.0. The molecule has 0 heterocycles. The van der Waals surface area contributed by atoms with Gasteiger partial charge < -0.3 is 0 Å². The Morgan fingerprint density at radius 1 is 1.31 bits per heavy atom. The fourth-order valence-electron chi connectivity index (χ4n) is 0.913. The third-order valence-corrected chi connectivity index (χ3v) is 2.85. The minimum absolute atomic E-state index is 0.351. The van der Waals surface area contributed by atoms with E-state index >= 15 is 0 Å². The first-order valence-electron chi connectivity index (χ1n) is 3.66. The van der Waals surface area contributed by atoms with Gasteiger partial charge in [0.2, 0.25) is 5.24 Å². The van der Waals surface area contributed by atoms with Gasteiger partial charge >= 0.3 is 0 Å². The monoisotopic (exact) mass is 236 g/mol. The summed E-state index contributed by atoms with van der Waals surface area (Å²) >= 11 is 16.8. The number of rotatable bonds is 2. The van der Waals surface area contributed by atoms with Crippen LogP contribution in [0.2, 0.25) is 10.0 Å². The molecule has 0 amide bonds. The van der Waals surface area contributed by atoms with Crippen LogP contribution < -0.4 is 0 Å². The van der Waals surface area contributed by atoms with Crippen molar-refractivity contribution in [3.05, 3.63) is 33.8 Å². The van der Waals surface area contributed by atoms with Crippen molar-refractivity contribution in [3.63, 3.8) is 0 Å². The van der Waals surface area contributed by atoms with E-state index in [0.717, 1.165) is 5.56 Å². The Morgan fingerprint density at radius 2 is 1.92 bits per heavy atom. The molecule has 0 saturated carbocycles. The first kappa shape index (κ1) is 10.8. The molecule has 1 nitrogen and oxygen atoms in total. The molecular weight excluding hydrogens is 230 g/mol. The zero-order chi connectivity index (χ0) is 10.0. The minimum Gasteiger partial charge on any atom is -0.281 e.